The molecule has 0 radical (unpaired) electrons. The molecular formula is C10H14N6O4. The first kappa shape index (κ1) is 13.0. The van der Waals surface area contributed by atoms with Crippen LogP contribution in [0.3, 0.4) is 0 Å². The van der Waals surface area contributed by atoms with Crippen molar-refractivity contribution in [1.82, 2.24) is 19.5 Å². The summed E-state index contributed by atoms with van der Waals surface area (Å²) in [6.45, 7) is -0.367. The molecule has 0 bridgehead atoms. The van der Waals surface area contributed by atoms with Gasteiger partial charge in [-0.1, -0.05) is 0 Å². The second-order valence-electron chi connectivity index (χ2n) is 4.59. The van der Waals surface area contributed by atoms with Crippen LogP contribution in [-0.4, -0.2) is 54.6 Å². The zero-order chi connectivity index (χ0) is 14.4. The number of hydrogen-bond acceptors (Lipinski definition) is 8. The van der Waals surface area contributed by atoms with Crippen LogP contribution in [0.25, 0.3) is 11.2 Å². The van der Waals surface area contributed by atoms with E-state index in [0.29, 0.717) is 0 Å². The third-order valence-corrected chi connectivity index (χ3v) is 3.32. The van der Waals surface area contributed by atoms with Gasteiger partial charge < -0.3 is 26.4 Å². The van der Waals surface area contributed by atoms with E-state index >= 15 is 0 Å². The lowest BCUT2D eigenvalue weighted by molar-refractivity contribution is -0.0437. The number of ether oxygens (including phenoxy) is 1. The SMILES string of the molecule is Nc1nc2c(ncn2C2O[C@H](CO)[C@@H](O)[C@@H]2N)c(=O)[nH]1. The van der Waals surface area contributed by atoms with Crippen LogP contribution in [0.2, 0.25) is 0 Å². The monoisotopic (exact) mass is 282 g/mol. The van der Waals surface area contributed by atoms with E-state index in [2.05, 4.69) is 15.0 Å². The van der Waals surface area contributed by atoms with Crippen LogP contribution in [0.1, 0.15) is 6.23 Å². The maximum atomic E-state index is 11.7. The van der Waals surface area contributed by atoms with E-state index in [4.69, 9.17) is 21.3 Å². The maximum Gasteiger partial charge on any atom is 0.280 e. The second-order valence-corrected chi connectivity index (χ2v) is 4.59. The van der Waals surface area contributed by atoms with Crippen LogP contribution < -0.4 is 17.0 Å². The fourth-order valence-electron chi connectivity index (χ4n) is 2.30. The van der Waals surface area contributed by atoms with E-state index in [9.17, 15) is 9.90 Å². The molecule has 4 atom stereocenters. The number of rotatable bonds is 2. The average Bonchev–Trinajstić information content (AvgIpc) is 2.93. The maximum absolute atomic E-state index is 11.7. The molecule has 1 aliphatic heterocycles. The van der Waals surface area contributed by atoms with Gasteiger partial charge in [-0.3, -0.25) is 14.3 Å². The summed E-state index contributed by atoms with van der Waals surface area (Å²) in [5.41, 5.74) is 11.2. The lowest BCUT2D eigenvalue weighted by Crippen LogP contribution is -2.39. The molecule has 0 aromatic carbocycles. The Morgan fingerprint density at radius 1 is 1.55 bits per heavy atom. The molecule has 7 N–H and O–H groups in total. The van der Waals surface area contributed by atoms with Crippen molar-refractivity contribution < 1.29 is 14.9 Å². The second kappa shape index (κ2) is 4.52. The molecule has 10 nitrogen and oxygen atoms in total. The van der Waals surface area contributed by atoms with E-state index < -0.39 is 30.0 Å². The number of aromatic nitrogens is 4. The van der Waals surface area contributed by atoms with Gasteiger partial charge in [-0.2, -0.15) is 4.98 Å². The summed E-state index contributed by atoms with van der Waals surface area (Å²) in [6.07, 6.45) is -1.28. The van der Waals surface area contributed by atoms with Crippen LogP contribution in [0.5, 0.6) is 0 Å². The molecule has 1 fully saturated rings. The van der Waals surface area contributed by atoms with Gasteiger partial charge in [0.25, 0.3) is 5.56 Å². The highest BCUT2D eigenvalue weighted by molar-refractivity contribution is 5.70. The number of aromatic amines is 1. The molecule has 3 rings (SSSR count). The van der Waals surface area contributed by atoms with Crippen molar-refractivity contribution >= 4 is 17.1 Å². The quantitative estimate of drug-likeness (QED) is 0.396. The molecule has 0 saturated carbocycles. The highest BCUT2D eigenvalue weighted by Gasteiger charge is 2.42. The number of fused-ring (bicyclic) bond motifs is 1. The Hall–Kier alpha value is -2.01. The van der Waals surface area contributed by atoms with Gasteiger partial charge in [0.15, 0.2) is 17.4 Å². The summed E-state index contributed by atoms with van der Waals surface area (Å²) in [6, 6.07) is -0.785. The zero-order valence-corrected chi connectivity index (χ0v) is 10.3. The van der Waals surface area contributed by atoms with Gasteiger partial charge in [0.1, 0.15) is 12.2 Å². The molecule has 1 aliphatic rings. The van der Waals surface area contributed by atoms with Crippen LogP contribution in [0.4, 0.5) is 5.95 Å². The predicted molar refractivity (Wildman–Crippen MR) is 67.5 cm³/mol. The average molecular weight is 282 g/mol. The molecule has 0 aliphatic carbocycles. The normalized spacial score (nSPS) is 30.1. The van der Waals surface area contributed by atoms with Crippen molar-refractivity contribution in [2.24, 2.45) is 5.73 Å². The molecule has 108 valence electrons. The molecule has 20 heavy (non-hydrogen) atoms. The van der Waals surface area contributed by atoms with Gasteiger partial charge in [-0.25, -0.2) is 4.98 Å². The van der Waals surface area contributed by atoms with Crippen molar-refractivity contribution in [2.75, 3.05) is 12.3 Å². The van der Waals surface area contributed by atoms with E-state index in [0.717, 1.165) is 0 Å². The molecule has 2 aromatic rings. The topological polar surface area (TPSA) is 165 Å². The number of imidazole rings is 1. The largest absolute Gasteiger partial charge is 0.394 e. The molecule has 0 amide bonds. The highest BCUT2D eigenvalue weighted by Crippen LogP contribution is 2.29. The van der Waals surface area contributed by atoms with Gasteiger partial charge in [-0.05, 0) is 0 Å². The van der Waals surface area contributed by atoms with Crippen LogP contribution in [-0.2, 0) is 4.74 Å². The standard InChI is InChI=1S/C10H14N6O4/c11-4-6(18)3(1-17)20-9(4)16-2-13-5-7(16)14-10(12)15-8(5)19/h2-4,6,9,17-18H,1,11H2,(H3,12,14,15,19)/t3-,4+,6-,9?/m1/s1. The fourth-order valence-corrected chi connectivity index (χ4v) is 2.30. The summed E-state index contributed by atoms with van der Waals surface area (Å²) >= 11 is 0. The van der Waals surface area contributed by atoms with Crippen molar-refractivity contribution in [3.8, 4) is 0 Å². The first-order chi connectivity index (χ1) is 9.52. The minimum absolute atomic E-state index is 0.0601. The van der Waals surface area contributed by atoms with Crippen LogP contribution in [0, 0.1) is 0 Å². The lowest BCUT2D eigenvalue weighted by Gasteiger charge is -2.17. The van der Waals surface area contributed by atoms with Gasteiger partial charge in [0.2, 0.25) is 5.95 Å². The summed E-state index contributed by atoms with van der Waals surface area (Å²) in [5, 5.41) is 19.0. The first-order valence-electron chi connectivity index (χ1n) is 5.95. The number of nitrogen functional groups attached to an aromatic ring is 1. The minimum atomic E-state index is -1.03. The Morgan fingerprint density at radius 3 is 2.95 bits per heavy atom. The predicted octanol–water partition coefficient (Wildman–Crippen LogP) is -2.72. The molecule has 3 heterocycles. The highest BCUT2D eigenvalue weighted by atomic mass is 16.5. The van der Waals surface area contributed by atoms with Gasteiger partial charge in [-0.15, -0.1) is 0 Å². The van der Waals surface area contributed by atoms with Gasteiger partial charge in [0, 0.05) is 0 Å². The lowest BCUT2D eigenvalue weighted by atomic mass is 10.1. The Bertz CT molecular complexity index is 697. The summed E-state index contributed by atoms with van der Waals surface area (Å²) in [5.74, 6) is -0.0601. The zero-order valence-electron chi connectivity index (χ0n) is 10.3. The number of nitrogens with two attached hydrogens (primary N) is 2. The number of H-pyrrole nitrogens is 1. The summed E-state index contributed by atoms with van der Waals surface area (Å²) in [7, 11) is 0. The van der Waals surface area contributed by atoms with E-state index in [1.807, 2.05) is 0 Å². The third-order valence-electron chi connectivity index (χ3n) is 3.32. The number of hydrogen-bond donors (Lipinski definition) is 5. The van der Waals surface area contributed by atoms with Gasteiger partial charge in [0.05, 0.1) is 19.0 Å². The fraction of sp³-hybridized carbons (Fsp3) is 0.500. The summed E-state index contributed by atoms with van der Waals surface area (Å²) < 4.78 is 6.89. The van der Waals surface area contributed by atoms with E-state index in [-0.39, 0.29) is 23.7 Å². The minimum Gasteiger partial charge on any atom is -0.394 e. The third kappa shape index (κ3) is 1.78. The summed E-state index contributed by atoms with van der Waals surface area (Å²) in [4.78, 5) is 21.9. The number of aliphatic hydroxyl groups is 2. The Balaban J connectivity index is 2.09. The van der Waals surface area contributed by atoms with Crippen molar-refractivity contribution in [3.63, 3.8) is 0 Å². The first-order valence-corrected chi connectivity index (χ1v) is 5.95. The van der Waals surface area contributed by atoms with Crippen molar-refractivity contribution in [3.05, 3.63) is 16.7 Å². The Kier molecular flexibility index (Phi) is 2.94. The molecule has 2 aromatic heterocycles. The Labute approximate surface area is 112 Å². The number of nitrogens with zero attached hydrogens (tertiary/aromatic N) is 3. The van der Waals surface area contributed by atoms with Gasteiger partial charge >= 0.3 is 0 Å². The molecular weight excluding hydrogens is 268 g/mol. The molecule has 0 spiro atoms. The van der Waals surface area contributed by atoms with Crippen molar-refractivity contribution in [1.29, 1.82) is 0 Å². The van der Waals surface area contributed by atoms with Crippen LogP contribution >= 0.6 is 0 Å². The van der Waals surface area contributed by atoms with E-state index in [1.54, 1.807) is 0 Å². The number of nitrogens with one attached hydrogen (secondary N) is 1. The number of anilines is 1. The Morgan fingerprint density at radius 2 is 2.30 bits per heavy atom. The van der Waals surface area contributed by atoms with E-state index in [1.165, 1.54) is 10.9 Å². The van der Waals surface area contributed by atoms with Crippen LogP contribution in [0.15, 0.2) is 11.1 Å². The molecule has 10 heteroatoms. The molecule has 1 unspecified atom stereocenters. The molecule has 1 saturated heterocycles. The smallest absolute Gasteiger partial charge is 0.280 e. The number of aliphatic hydroxyl groups excluding tert-OH is 2. The van der Waals surface area contributed by atoms with Crippen molar-refractivity contribution in [2.45, 2.75) is 24.5 Å².